The van der Waals surface area contributed by atoms with Crippen molar-refractivity contribution >= 4 is 11.6 Å². The Balaban J connectivity index is 1.91. The summed E-state index contributed by atoms with van der Waals surface area (Å²) < 4.78 is 6.00. The Kier molecular flexibility index (Phi) is 1.72. The van der Waals surface area contributed by atoms with Crippen LogP contribution >= 0.6 is 0 Å². The van der Waals surface area contributed by atoms with Crippen molar-refractivity contribution in [1.29, 1.82) is 0 Å². The fourth-order valence-electron chi connectivity index (χ4n) is 2.75. The van der Waals surface area contributed by atoms with Crippen LogP contribution < -0.4 is 4.74 Å². The summed E-state index contributed by atoms with van der Waals surface area (Å²) in [5.74, 6) is 1.02. The molecule has 1 heteroatoms. The Bertz CT molecular complexity index is 619. The predicted octanol–water partition coefficient (Wildman–Crippen LogP) is 3.54. The minimum atomic E-state index is 0.210. The summed E-state index contributed by atoms with van der Waals surface area (Å²) in [6.45, 7) is 0. The van der Waals surface area contributed by atoms with Crippen LogP contribution in [0.25, 0.3) is 11.6 Å². The van der Waals surface area contributed by atoms with Crippen molar-refractivity contribution in [3.8, 4) is 5.75 Å². The van der Waals surface area contributed by atoms with E-state index >= 15 is 0 Å². The second kappa shape index (κ2) is 3.24. The first-order valence-corrected chi connectivity index (χ1v) is 5.97. The number of fused-ring (bicyclic) bond motifs is 4. The van der Waals surface area contributed by atoms with E-state index < -0.39 is 0 Å². The molecule has 0 spiro atoms. The van der Waals surface area contributed by atoms with Crippen LogP contribution in [-0.4, -0.2) is 6.10 Å². The van der Waals surface area contributed by atoms with Gasteiger partial charge in [-0.3, -0.25) is 0 Å². The topological polar surface area (TPSA) is 9.23 Å². The van der Waals surface area contributed by atoms with Crippen molar-refractivity contribution in [2.45, 2.75) is 12.5 Å². The Morgan fingerprint density at radius 3 is 2.76 bits per heavy atom. The second-order valence-corrected chi connectivity index (χ2v) is 4.61. The summed E-state index contributed by atoms with van der Waals surface area (Å²) in [6.07, 6.45) is 3.47. The van der Waals surface area contributed by atoms with Gasteiger partial charge in [-0.2, -0.15) is 0 Å². The largest absolute Gasteiger partial charge is 0.485 e. The summed E-state index contributed by atoms with van der Waals surface area (Å²) in [4.78, 5) is 0. The van der Waals surface area contributed by atoms with E-state index in [9.17, 15) is 0 Å². The molecule has 2 aromatic carbocycles. The van der Waals surface area contributed by atoms with E-state index in [1.807, 2.05) is 6.07 Å². The molecule has 82 valence electrons. The molecule has 1 aliphatic carbocycles. The van der Waals surface area contributed by atoms with Crippen LogP contribution in [0.4, 0.5) is 0 Å². The third kappa shape index (κ3) is 1.26. The van der Waals surface area contributed by atoms with E-state index in [1.165, 1.54) is 22.3 Å². The molecule has 0 saturated carbocycles. The minimum absolute atomic E-state index is 0.210. The van der Waals surface area contributed by atoms with Gasteiger partial charge in [0.15, 0.2) is 0 Å². The van der Waals surface area contributed by atoms with Crippen LogP contribution in [0.15, 0.2) is 48.5 Å². The number of hydrogen-bond acceptors (Lipinski definition) is 1. The normalized spacial score (nSPS) is 19.8. The van der Waals surface area contributed by atoms with Gasteiger partial charge in [0, 0.05) is 17.6 Å². The van der Waals surface area contributed by atoms with Crippen LogP contribution in [0.5, 0.6) is 5.75 Å². The maximum atomic E-state index is 6.00. The lowest BCUT2D eigenvalue weighted by Gasteiger charge is -2.19. The second-order valence-electron chi connectivity index (χ2n) is 4.61. The Labute approximate surface area is 100 Å². The van der Waals surface area contributed by atoms with E-state index in [0.717, 1.165) is 12.2 Å². The molecule has 0 bridgehead atoms. The van der Waals surface area contributed by atoms with Crippen LogP contribution in [-0.2, 0) is 6.42 Å². The third-order valence-electron chi connectivity index (χ3n) is 3.59. The fourth-order valence-corrected chi connectivity index (χ4v) is 2.75. The average molecular weight is 220 g/mol. The van der Waals surface area contributed by atoms with E-state index in [4.69, 9.17) is 4.74 Å². The monoisotopic (exact) mass is 220 g/mol. The van der Waals surface area contributed by atoms with Crippen molar-refractivity contribution in [3.05, 3.63) is 65.2 Å². The van der Waals surface area contributed by atoms with Crippen LogP contribution in [0.1, 0.15) is 16.7 Å². The molecule has 0 aromatic heterocycles. The highest BCUT2D eigenvalue weighted by Crippen LogP contribution is 2.42. The van der Waals surface area contributed by atoms with Gasteiger partial charge in [0.25, 0.3) is 0 Å². The fraction of sp³-hybridized carbons (Fsp3) is 0.125. The van der Waals surface area contributed by atoms with E-state index in [-0.39, 0.29) is 6.10 Å². The molecule has 0 amide bonds. The molecule has 2 aliphatic rings. The van der Waals surface area contributed by atoms with E-state index in [0.29, 0.717) is 0 Å². The highest BCUT2D eigenvalue weighted by molar-refractivity contribution is 5.91. The summed E-state index contributed by atoms with van der Waals surface area (Å²) in [7, 11) is 0. The summed E-state index contributed by atoms with van der Waals surface area (Å²) >= 11 is 0. The minimum Gasteiger partial charge on any atom is -0.485 e. The number of hydrogen-bond donors (Lipinski definition) is 0. The lowest BCUT2D eigenvalue weighted by molar-refractivity contribution is 0.276. The molecule has 0 saturated heterocycles. The molecule has 1 atom stereocenters. The van der Waals surface area contributed by atoms with Gasteiger partial charge in [-0.25, -0.2) is 0 Å². The average Bonchev–Trinajstić information content (AvgIpc) is 2.73. The lowest BCUT2D eigenvalue weighted by Crippen LogP contribution is -2.19. The molecule has 1 nitrogen and oxygen atoms in total. The lowest BCUT2D eigenvalue weighted by atomic mass is 9.88. The number of benzene rings is 2. The van der Waals surface area contributed by atoms with Gasteiger partial charge in [-0.15, -0.1) is 0 Å². The Morgan fingerprint density at radius 1 is 0.941 bits per heavy atom. The van der Waals surface area contributed by atoms with Gasteiger partial charge in [0.2, 0.25) is 0 Å². The molecule has 1 heterocycles. The van der Waals surface area contributed by atoms with Crippen molar-refractivity contribution in [2.24, 2.45) is 0 Å². The summed E-state index contributed by atoms with van der Waals surface area (Å²) in [6, 6.07) is 16.9. The number of para-hydroxylation sites is 1. The van der Waals surface area contributed by atoms with Crippen LogP contribution in [0.2, 0.25) is 0 Å². The Morgan fingerprint density at radius 2 is 1.76 bits per heavy atom. The Hall–Kier alpha value is -2.02. The zero-order chi connectivity index (χ0) is 11.2. The van der Waals surface area contributed by atoms with Gasteiger partial charge in [0.05, 0.1) is 0 Å². The van der Waals surface area contributed by atoms with Crippen molar-refractivity contribution in [3.63, 3.8) is 0 Å². The van der Waals surface area contributed by atoms with Gasteiger partial charge < -0.3 is 4.74 Å². The quantitative estimate of drug-likeness (QED) is 0.659. The molecular formula is C16H12O. The van der Waals surface area contributed by atoms with Gasteiger partial charge in [-0.1, -0.05) is 42.5 Å². The maximum absolute atomic E-state index is 6.00. The maximum Gasteiger partial charge on any atom is 0.129 e. The molecule has 4 rings (SSSR count). The van der Waals surface area contributed by atoms with E-state index in [1.54, 1.807) is 0 Å². The molecule has 17 heavy (non-hydrogen) atoms. The summed E-state index contributed by atoms with van der Waals surface area (Å²) in [5.41, 5.74) is 5.31. The van der Waals surface area contributed by atoms with E-state index in [2.05, 4.69) is 48.5 Å². The van der Waals surface area contributed by atoms with Gasteiger partial charge in [-0.05, 0) is 23.3 Å². The highest BCUT2D eigenvalue weighted by atomic mass is 16.5. The van der Waals surface area contributed by atoms with Crippen molar-refractivity contribution in [2.75, 3.05) is 0 Å². The first kappa shape index (κ1) is 9.06. The van der Waals surface area contributed by atoms with Crippen LogP contribution in [0, 0.1) is 0 Å². The summed E-state index contributed by atoms with van der Waals surface area (Å²) in [5, 5.41) is 0. The molecule has 2 aromatic rings. The zero-order valence-corrected chi connectivity index (χ0v) is 9.39. The van der Waals surface area contributed by atoms with Crippen molar-refractivity contribution < 1.29 is 4.74 Å². The zero-order valence-electron chi connectivity index (χ0n) is 9.39. The molecule has 1 unspecified atom stereocenters. The third-order valence-corrected chi connectivity index (χ3v) is 3.59. The van der Waals surface area contributed by atoms with Gasteiger partial charge in [0.1, 0.15) is 11.9 Å². The highest BCUT2D eigenvalue weighted by Gasteiger charge is 2.31. The molecule has 1 aliphatic heterocycles. The SMILES string of the molecule is C1=C2c3ccccc3OC2Cc2ccccc21. The first-order chi connectivity index (χ1) is 8.42. The predicted molar refractivity (Wildman–Crippen MR) is 68.9 cm³/mol. The number of ether oxygens (including phenoxy) is 1. The molecule has 0 N–H and O–H groups in total. The van der Waals surface area contributed by atoms with Gasteiger partial charge >= 0.3 is 0 Å². The first-order valence-electron chi connectivity index (χ1n) is 5.97. The molecular weight excluding hydrogens is 208 g/mol. The number of rotatable bonds is 0. The molecule has 0 radical (unpaired) electrons. The molecule has 0 fully saturated rings. The van der Waals surface area contributed by atoms with Crippen LogP contribution in [0.3, 0.4) is 0 Å². The van der Waals surface area contributed by atoms with Crippen molar-refractivity contribution in [1.82, 2.24) is 0 Å². The smallest absolute Gasteiger partial charge is 0.129 e. The standard InChI is InChI=1S/C16H12O/c1-2-6-12-10-16-14(9-11(12)5-1)13-7-3-4-8-15(13)17-16/h1-9,16H,10H2.